The van der Waals surface area contributed by atoms with Gasteiger partial charge in [-0.15, -0.1) is 0 Å². The Labute approximate surface area is 124 Å². The zero-order valence-corrected chi connectivity index (χ0v) is 12.9. The molecular formula is C15H13Br2N. The number of hydrogen-bond donors (Lipinski definition) is 1. The fraction of sp³-hybridized carbons (Fsp3) is 0.0667. The van der Waals surface area contributed by atoms with Crippen LogP contribution in [0, 0.1) is 0 Å². The quantitative estimate of drug-likeness (QED) is 0.782. The zero-order chi connectivity index (χ0) is 13.0. The van der Waals surface area contributed by atoms with Crippen LogP contribution in [0.3, 0.4) is 0 Å². The second-order valence-electron chi connectivity index (χ2n) is 3.93. The van der Waals surface area contributed by atoms with Crippen molar-refractivity contribution in [3.05, 3.63) is 68.6 Å². The van der Waals surface area contributed by atoms with Crippen LogP contribution in [-0.4, -0.2) is 6.54 Å². The Hall–Kier alpha value is -0.900. The van der Waals surface area contributed by atoms with E-state index in [2.05, 4.69) is 62.2 Å². The van der Waals surface area contributed by atoms with Crippen LogP contribution >= 0.6 is 31.9 Å². The Morgan fingerprint density at radius 2 is 1.39 bits per heavy atom. The van der Waals surface area contributed by atoms with Crippen molar-refractivity contribution in [2.75, 3.05) is 6.54 Å². The van der Waals surface area contributed by atoms with Crippen LogP contribution in [0.1, 0.15) is 11.1 Å². The Bertz CT molecular complexity index is 542. The van der Waals surface area contributed by atoms with Crippen molar-refractivity contribution in [1.29, 1.82) is 0 Å². The summed E-state index contributed by atoms with van der Waals surface area (Å²) in [5.74, 6) is 0. The van der Waals surface area contributed by atoms with Gasteiger partial charge in [0.25, 0.3) is 0 Å². The van der Waals surface area contributed by atoms with Crippen molar-refractivity contribution >= 4 is 43.5 Å². The van der Waals surface area contributed by atoms with Crippen LogP contribution in [-0.2, 0) is 0 Å². The van der Waals surface area contributed by atoms with Gasteiger partial charge in [0.2, 0.25) is 0 Å². The van der Waals surface area contributed by atoms with E-state index in [0.717, 1.165) is 25.6 Å². The number of nitrogens with two attached hydrogens (primary N) is 1. The average Bonchev–Trinajstić information content (AvgIpc) is 2.39. The molecule has 0 spiro atoms. The molecule has 0 unspecified atom stereocenters. The van der Waals surface area contributed by atoms with E-state index in [1.165, 1.54) is 0 Å². The first-order valence-electron chi connectivity index (χ1n) is 5.61. The summed E-state index contributed by atoms with van der Waals surface area (Å²) in [6.07, 6.45) is 2.12. The van der Waals surface area contributed by atoms with Gasteiger partial charge < -0.3 is 5.73 Å². The monoisotopic (exact) mass is 365 g/mol. The predicted octanol–water partition coefficient (Wildman–Crippen LogP) is 4.71. The molecule has 0 amide bonds. The molecule has 0 fully saturated rings. The SMILES string of the molecule is NCC(=Cc1ccc(Br)cc1)c1ccc(Br)cc1. The van der Waals surface area contributed by atoms with Crippen LogP contribution in [0.25, 0.3) is 11.6 Å². The van der Waals surface area contributed by atoms with Gasteiger partial charge in [0.05, 0.1) is 0 Å². The summed E-state index contributed by atoms with van der Waals surface area (Å²) >= 11 is 6.87. The third-order valence-corrected chi connectivity index (χ3v) is 3.70. The van der Waals surface area contributed by atoms with Gasteiger partial charge in [-0.05, 0) is 47.0 Å². The molecule has 0 atom stereocenters. The molecule has 0 aromatic heterocycles. The van der Waals surface area contributed by atoms with Crippen molar-refractivity contribution in [1.82, 2.24) is 0 Å². The van der Waals surface area contributed by atoms with Gasteiger partial charge in [0.1, 0.15) is 0 Å². The number of rotatable bonds is 3. The number of hydrogen-bond acceptors (Lipinski definition) is 1. The Morgan fingerprint density at radius 1 is 0.889 bits per heavy atom. The summed E-state index contributed by atoms with van der Waals surface area (Å²) in [5, 5.41) is 0. The molecule has 0 saturated heterocycles. The van der Waals surface area contributed by atoms with E-state index in [1.807, 2.05) is 24.3 Å². The van der Waals surface area contributed by atoms with Crippen molar-refractivity contribution < 1.29 is 0 Å². The first-order chi connectivity index (χ1) is 8.69. The van der Waals surface area contributed by atoms with Crippen molar-refractivity contribution in [2.24, 2.45) is 5.73 Å². The topological polar surface area (TPSA) is 26.0 Å². The van der Waals surface area contributed by atoms with Crippen molar-refractivity contribution in [2.45, 2.75) is 0 Å². The molecule has 0 aliphatic carbocycles. The summed E-state index contributed by atoms with van der Waals surface area (Å²) < 4.78 is 2.16. The molecule has 0 heterocycles. The van der Waals surface area contributed by atoms with Crippen molar-refractivity contribution in [3.8, 4) is 0 Å². The highest BCUT2D eigenvalue weighted by molar-refractivity contribution is 9.10. The molecule has 1 nitrogen and oxygen atoms in total. The number of benzene rings is 2. The largest absolute Gasteiger partial charge is 0.326 e. The first kappa shape index (κ1) is 13.5. The van der Waals surface area contributed by atoms with Crippen LogP contribution in [0.5, 0.6) is 0 Å². The highest BCUT2D eigenvalue weighted by Crippen LogP contribution is 2.20. The third kappa shape index (κ3) is 3.55. The smallest absolute Gasteiger partial charge is 0.0184 e. The molecule has 0 radical (unpaired) electrons. The fourth-order valence-electron chi connectivity index (χ4n) is 1.68. The molecular weight excluding hydrogens is 354 g/mol. The van der Waals surface area contributed by atoms with Gasteiger partial charge in [-0.3, -0.25) is 0 Å². The van der Waals surface area contributed by atoms with E-state index in [9.17, 15) is 0 Å². The summed E-state index contributed by atoms with van der Waals surface area (Å²) in [6.45, 7) is 0.525. The van der Waals surface area contributed by atoms with Gasteiger partial charge in [-0.25, -0.2) is 0 Å². The normalized spacial score (nSPS) is 11.6. The summed E-state index contributed by atoms with van der Waals surface area (Å²) in [7, 11) is 0. The molecule has 2 N–H and O–H groups in total. The maximum absolute atomic E-state index is 5.83. The molecule has 18 heavy (non-hydrogen) atoms. The van der Waals surface area contributed by atoms with E-state index in [1.54, 1.807) is 0 Å². The minimum Gasteiger partial charge on any atom is -0.326 e. The first-order valence-corrected chi connectivity index (χ1v) is 7.20. The fourth-order valence-corrected chi connectivity index (χ4v) is 2.21. The van der Waals surface area contributed by atoms with E-state index in [-0.39, 0.29) is 0 Å². The van der Waals surface area contributed by atoms with Gasteiger partial charge in [-0.1, -0.05) is 56.1 Å². The summed E-state index contributed by atoms with van der Waals surface area (Å²) in [6, 6.07) is 16.4. The Morgan fingerprint density at radius 3 is 1.89 bits per heavy atom. The lowest BCUT2D eigenvalue weighted by Crippen LogP contribution is -2.02. The average molecular weight is 367 g/mol. The van der Waals surface area contributed by atoms with E-state index in [4.69, 9.17) is 5.73 Å². The summed E-state index contributed by atoms with van der Waals surface area (Å²) in [4.78, 5) is 0. The standard InChI is InChI=1S/C15H13Br2N/c16-14-5-1-11(2-6-14)9-13(10-18)12-3-7-15(17)8-4-12/h1-9H,10,18H2. The van der Waals surface area contributed by atoms with E-state index in [0.29, 0.717) is 6.54 Å². The lowest BCUT2D eigenvalue weighted by molar-refractivity contribution is 1.27. The molecule has 2 aromatic rings. The third-order valence-electron chi connectivity index (χ3n) is 2.65. The number of halogens is 2. The Kier molecular flexibility index (Phi) is 4.75. The van der Waals surface area contributed by atoms with Crippen LogP contribution in [0.4, 0.5) is 0 Å². The molecule has 0 saturated carbocycles. The van der Waals surface area contributed by atoms with E-state index < -0.39 is 0 Å². The van der Waals surface area contributed by atoms with E-state index >= 15 is 0 Å². The van der Waals surface area contributed by atoms with Gasteiger partial charge in [0, 0.05) is 15.5 Å². The van der Waals surface area contributed by atoms with Gasteiger partial charge >= 0.3 is 0 Å². The Balaban J connectivity index is 2.33. The van der Waals surface area contributed by atoms with Crippen LogP contribution < -0.4 is 5.73 Å². The highest BCUT2D eigenvalue weighted by Gasteiger charge is 2.00. The molecule has 2 aromatic carbocycles. The molecule has 3 heteroatoms. The maximum Gasteiger partial charge on any atom is 0.0184 e. The lowest BCUT2D eigenvalue weighted by atomic mass is 10.0. The van der Waals surface area contributed by atoms with Crippen LogP contribution in [0.2, 0.25) is 0 Å². The molecule has 0 bridgehead atoms. The second kappa shape index (κ2) is 6.32. The van der Waals surface area contributed by atoms with Gasteiger partial charge in [-0.2, -0.15) is 0 Å². The molecule has 0 aliphatic rings. The maximum atomic E-state index is 5.83. The second-order valence-corrected chi connectivity index (χ2v) is 5.76. The molecule has 2 rings (SSSR count). The van der Waals surface area contributed by atoms with Crippen molar-refractivity contribution in [3.63, 3.8) is 0 Å². The minimum atomic E-state index is 0.525. The lowest BCUT2D eigenvalue weighted by Gasteiger charge is -2.06. The minimum absolute atomic E-state index is 0.525. The molecule has 0 aliphatic heterocycles. The zero-order valence-electron chi connectivity index (χ0n) is 9.74. The highest BCUT2D eigenvalue weighted by atomic mass is 79.9. The van der Waals surface area contributed by atoms with Gasteiger partial charge in [0.15, 0.2) is 0 Å². The predicted molar refractivity (Wildman–Crippen MR) is 85.2 cm³/mol. The van der Waals surface area contributed by atoms with Crippen LogP contribution in [0.15, 0.2) is 57.5 Å². The summed E-state index contributed by atoms with van der Waals surface area (Å²) in [5.41, 5.74) is 9.27. The molecule has 92 valence electrons.